The van der Waals surface area contributed by atoms with Gasteiger partial charge in [0.2, 0.25) is 0 Å². The number of ether oxygens (including phenoxy) is 5. The van der Waals surface area contributed by atoms with Gasteiger partial charge < -0.3 is 23.7 Å². The van der Waals surface area contributed by atoms with Gasteiger partial charge in [-0.1, -0.05) is 0 Å². The number of rotatable bonds is 8. The molecule has 1 saturated heterocycles. The summed E-state index contributed by atoms with van der Waals surface area (Å²) in [6, 6.07) is 0. The zero-order valence-electron chi connectivity index (χ0n) is 29.5. The van der Waals surface area contributed by atoms with E-state index in [4.69, 9.17) is 23.7 Å². The molecule has 1 spiro atoms. The first-order valence-electron chi connectivity index (χ1n) is 20.1. The van der Waals surface area contributed by atoms with Gasteiger partial charge in [-0.2, -0.15) is 8.78 Å². The standard InChI is InChI=1S/C40H54F2O8/c1-36(41,42)33(43)50-39-16-28-8-30(17-39)40(31(9-28)18-39)48-20-29(19-46-34(44)37-10-22-2-23(11-37)4-24(3-22)12-37)32(49-40)21-47-35(45)38-13-25-5-26(14-38)7-27(6-25)15-38/h22-32H,2-21H2,1H3. The van der Waals surface area contributed by atoms with Crippen LogP contribution in [0.15, 0.2) is 0 Å². The van der Waals surface area contributed by atoms with E-state index >= 15 is 0 Å². The Morgan fingerprint density at radius 2 is 1.08 bits per heavy atom. The Hall–Kier alpha value is -1.81. The van der Waals surface area contributed by atoms with E-state index in [0.717, 1.165) is 51.4 Å². The second kappa shape index (κ2) is 11.1. The molecule has 0 N–H and O–H groups in total. The summed E-state index contributed by atoms with van der Waals surface area (Å²) < 4.78 is 59.9. The number of carbonyl (C=O) groups is 3. The summed E-state index contributed by atoms with van der Waals surface area (Å²) in [6.07, 6.45) is 15.6. The van der Waals surface area contributed by atoms with Crippen LogP contribution in [0.25, 0.3) is 0 Å². The maximum Gasteiger partial charge on any atom is 0.377 e. The molecular formula is C40H54F2O8. The molecule has 12 bridgehead atoms. The van der Waals surface area contributed by atoms with Crippen LogP contribution in [0.4, 0.5) is 8.78 Å². The molecule has 0 aromatic carbocycles. The number of halogens is 2. The predicted octanol–water partition coefficient (Wildman–Crippen LogP) is 7.01. The highest BCUT2D eigenvalue weighted by molar-refractivity contribution is 5.78. The summed E-state index contributed by atoms with van der Waals surface area (Å²) in [4.78, 5) is 40.3. The van der Waals surface area contributed by atoms with Gasteiger partial charge in [-0.3, -0.25) is 9.59 Å². The van der Waals surface area contributed by atoms with Crippen LogP contribution in [0.2, 0.25) is 0 Å². The molecular weight excluding hydrogens is 646 g/mol. The van der Waals surface area contributed by atoms with Crippen LogP contribution in [-0.4, -0.2) is 61.1 Å². The minimum atomic E-state index is -3.55. The fourth-order valence-electron chi connectivity index (χ4n) is 15.1. The van der Waals surface area contributed by atoms with Crippen molar-refractivity contribution in [3.8, 4) is 0 Å². The molecule has 8 nitrogen and oxygen atoms in total. The third-order valence-electron chi connectivity index (χ3n) is 16.1. The van der Waals surface area contributed by atoms with Crippen LogP contribution in [0.1, 0.15) is 116 Å². The number of hydrogen-bond donors (Lipinski definition) is 0. The van der Waals surface area contributed by atoms with Gasteiger partial charge >= 0.3 is 23.8 Å². The molecule has 13 fully saturated rings. The normalized spacial score (nSPS) is 52.0. The maximum absolute atomic E-state index is 14.0. The summed E-state index contributed by atoms with van der Waals surface area (Å²) in [7, 11) is 0. The lowest BCUT2D eigenvalue weighted by atomic mass is 9.49. The molecule has 4 unspecified atom stereocenters. The lowest BCUT2D eigenvalue weighted by Crippen LogP contribution is -2.70. The van der Waals surface area contributed by atoms with E-state index in [0.29, 0.717) is 68.3 Å². The van der Waals surface area contributed by atoms with Crippen molar-refractivity contribution in [2.45, 2.75) is 139 Å². The topological polar surface area (TPSA) is 97.4 Å². The molecule has 1 aliphatic heterocycles. The van der Waals surface area contributed by atoms with E-state index in [9.17, 15) is 23.2 Å². The summed E-state index contributed by atoms with van der Waals surface area (Å²) in [5.74, 6) is -2.72. The molecule has 1 heterocycles. The summed E-state index contributed by atoms with van der Waals surface area (Å²) >= 11 is 0. The van der Waals surface area contributed by atoms with E-state index < -0.39 is 34.8 Å². The van der Waals surface area contributed by atoms with Gasteiger partial charge in [0, 0.05) is 24.7 Å². The van der Waals surface area contributed by atoms with Crippen molar-refractivity contribution in [2.24, 2.45) is 70.0 Å². The van der Waals surface area contributed by atoms with E-state index in [-0.39, 0.29) is 54.2 Å². The van der Waals surface area contributed by atoms with Crippen LogP contribution in [0.3, 0.4) is 0 Å². The predicted molar refractivity (Wildman–Crippen MR) is 173 cm³/mol. The minimum Gasteiger partial charge on any atom is -0.465 e. The van der Waals surface area contributed by atoms with Gasteiger partial charge in [-0.15, -0.1) is 0 Å². The Balaban J connectivity index is 0.872. The molecule has 10 heteroatoms. The number of alkyl halides is 2. The second-order valence-corrected chi connectivity index (χ2v) is 19.8. The highest BCUT2D eigenvalue weighted by Gasteiger charge is 2.68. The smallest absolute Gasteiger partial charge is 0.377 e. The molecule has 12 aliphatic carbocycles. The number of carbonyl (C=O) groups excluding carboxylic acids is 3. The van der Waals surface area contributed by atoms with E-state index in [1.807, 2.05) is 0 Å². The SMILES string of the molecule is CC(F)(F)C(=O)OC12CC3CC(C1)C1(OCC(COC(=O)C45CC6CC(CC(C6)C4)C5)C(COC(=O)C45CC6CC(CC(C6)C4)C5)O1)C(C3)C2. The van der Waals surface area contributed by atoms with Crippen LogP contribution in [0.5, 0.6) is 0 Å². The quantitative estimate of drug-likeness (QED) is 0.197. The van der Waals surface area contributed by atoms with Gasteiger partial charge in [0.25, 0.3) is 0 Å². The summed E-state index contributed by atoms with van der Waals surface area (Å²) in [5, 5.41) is 0. The number of esters is 3. The molecule has 0 aromatic heterocycles. The van der Waals surface area contributed by atoms with Crippen molar-refractivity contribution < 1.29 is 46.8 Å². The van der Waals surface area contributed by atoms with Gasteiger partial charge in [0.05, 0.1) is 24.0 Å². The lowest BCUT2D eigenvalue weighted by molar-refractivity contribution is -0.402. The zero-order valence-corrected chi connectivity index (χ0v) is 29.5. The second-order valence-electron chi connectivity index (χ2n) is 19.8. The summed E-state index contributed by atoms with van der Waals surface area (Å²) in [5.41, 5.74) is -1.69. The van der Waals surface area contributed by atoms with Crippen LogP contribution >= 0.6 is 0 Å². The van der Waals surface area contributed by atoms with E-state index in [1.165, 1.54) is 38.5 Å². The molecule has 12 saturated carbocycles. The van der Waals surface area contributed by atoms with Crippen LogP contribution in [-0.2, 0) is 38.1 Å². The fourth-order valence-corrected chi connectivity index (χ4v) is 15.1. The average Bonchev–Trinajstić information content (AvgIpc) is 3.03. The first kappa shape index (κ1) is 32.8. The zero-order chi connectivity index (χ0) is 34.3. The Labute approximate surface area is 293 Å². The van der Waals surface area contributed by atoms with Gasteiger partial charge in [-0.25, -0.2) is 4.79 Å². The van der Waals surface area contributed by atoms with Crippen LogP contribution < -0.4 is 0 Å². The lowest BCUT2D eigenvalue weighted by Gasteiger charge is -2.65. The van der Waals surface area contributed by atoms with Crippen molar-refractivity contribution in [1.29, 1.82) is 0 Å². The molecule has 0 amide bonds. The molecule has 13 rings (SSSR count). The Bertz CT molecular complexity index is 1350. The van der Waals surface area contributed by atoms with Crippen molar-refractivity contribution in [3.05, 3.63) is 0 Å². The van der Waals surface area contributed by atoms with Gasteiger partial charge in [0.15, 0.2) is 5.79 Å². The molecule has 50 heavy (non-hydrogen) atoms. The van der Waals surface area contributed by atoms with Crippen molar-refractivity contribution in [3.63, 3.8) is 0 Å². The first-order chi connectivity index (χ1) is 23.8. The molecule has 4 atom stereocenters. The average molecular weight is 701 g/mol. The minimum absolute atomic E-state index is 0.0766. The molecule has 0 aromatic rings. The van der Waals surface area contributed by atoms with Gasteiger partial charge in [-0.05, 0) is 151 Å². The third kappa shape index (κ3) is 5.16. The Kier molecular flexibility index (Phi) is 7.29. The highest BCUT2D eigenvalue weighted by Crippen LogP contribution is 2.65. The Morgan fingerprint density at radius 3 is 1.54 bits per heavy atom. The molecule has 276 valence electrons. The van der Waals surface area contributed by atoms with Crippen molar-refractivity contribution >= 4 is 17.9 Å². The van der Waals surface area contributed by atoms with E-state index in [2.05, 4.69) is 0 Å². The number of hydrogen-bond acceptors (Lipinski definition) is 8. The maximum atomic E-state index is 14.0. The Morgan fingerprint density at radius 1 is 0.640 bits per heavy atom. The monoisotopic (exact) mass is 700 g/mol. The fraction of sp³-hybridized carbons (Fsp3) is 0.925. The molecule has 13 aliphatic rings. The van der Waals surface area contributed by atoms with E-state index in [1.54, 1.807) is 0 Å². The van der Waals surface area contributed by atoms with Gasteiger partial charge in [0.1, 0.15) is 18.3 Å². The molecule has 0 radical (unpaired) electrons. The first-order valence-corrected chi connectivity index (χ1v) is 20.1. The van der Waals surface area contributed by atoms with Crippen molar-refractivity contribution in [1.82, 2.24) is 0 Å². The summed E-state index contributed by atoms with van der Waals surface area (Å²) in [6.45, 7) is 1.12. The highest BCUT2D eigenvalue weighted by atomic mass is 19.3. The largest absolute Gasteiger partial charge is 0.465 e. The third-order valence-corrected chi connectivity index (χ3v) is 16.1. The van der Waals surface area contributed by atoms with Crippen LogP contribution in [0, 0.1) is 70.0 Å². The van der Waals surface area contributed by atoms with Crippen molar-refractivity contribution in [2.75, 3.05) is 19.8 Å².